The number of nitrogens with one attached hydrogen (secondary N) is 1. The molecule has 0 aliphatic heterocycles. The number of pyridine rings is 2. The standard InChI is InChI=1S/C27H29F3N4O2/c1-15(2)36-14-16-10-21(29)25(22(30)11-16)26-20(28)6-7-23(33-26)27(35)34-24-13-32-9-8-19(24)17-4-3-5-18(31)12-17/h6-11,13,15,17-18H,3-5,12,14,31H2,1-2H3,(H,34,35)/t17-,18+/m1/s1. The molecule has 2 aromatic heterocycles. The molecule has 2 atom stereocenters. The molecule has 3 N–H and O–H groups in total. The number of carbonyl (C=O) groups excluding carboxylic acids is 1. The number of anilines is 1. The highest BCUT2D eigenvalue weighted by molar-refractivity contribution is 6.03. The Hall–Kier alpha value is -3.30. The molecule has 0 bridgehead atoms. The van der Waals surface area contributed by atoms with Crippen molar-refractivity contribution < 1.29 is 22.7 Å². The van der Waals surface area contributed by atoms with E-state index in [1.54, 1.807) is 20.0 Å². The second-order valence-corrected chi connectivity index (χ2v) is 9.36. The first-order valence-corrected chi connectivity index (χ1v) is 12.0. The van der Waals surface area contributed by atoms with Crippen LogP contribution in [0, 0.1) is 17.5 Å². The molecule has 9 heteroatoms. The number of hydrogen-bond donors (Lipinski definition) is 2. The summed E-state index contributed by atoms with van der Waals surface area (Å²) in [5.41, 5.74) is 6.40. The van der Waals surface area contributed by atoms with E-state index in [1.807, 2.05) is 6.07 Å². The van der Waals surface area contributed by atoms with E-state index in [1.165, 1.54) is 12.3 Å². The third-order valence-electron chi connectivity index (χ3n) is 6.26. The number of amides is 1. The van der Waals surface area contributed by atoms with E-state index in [4.69, 9.17) is 10.5 Å². The number of carbonyl (C=O) groups is 1. The fraction of sp³-hybridized carbons (Fsp3) is 0.370. The third-order valence-corrected chi connectivity index (χ3v) is 6.26. The average Bonchev–Trinajstić information content (AvgIpc) is 2.83. The zero-order chi connectivity index (χ0) is 25.8. The molecular weight excluding hydrogens is 469 g/mol. The van der Waals surface area contributed by atoms with Crippen LogP contribution in [0.25, 0.3) is 11.3 Å². The fourth-order valence-electron chi connectivity index (χ4n) is 4.50. The molecule has 6 nitrogen and oxygen atoms in total. The quantitative estimate of drug-likeness (QED) is 0.435. The van der Waals surface area contributed by atoms with Crippen LogP contribution in [0.4, 0.5) is 18.9 Å². The highest BCUT2D eigenvalue weighted by Gasteiger charge is 2.25. The van der Waals surface area contributed by atoms with Crippen molar-refractivity contribution in [2.24, 2.45) is 5.73 Å². The summed E-state index contributed by atoms with van der Waals surface area (Å²) < 4.78 is 49.7. The number of aromatic nitrogens is 2. The van der Waals surface area contributed by atoms with Gasteiger partial charge in [-0.3, -0.25) is 9.78 Å². The van der Waals surface area contributed by atoms with Crippen LogP contribution in [0.3, 0.4) is 0 Å². The predicted octanol–water partition coefficient (Wildman–Crippen LogP) is 5.72. The van der Waals surface area contributed by atoms with E-state index in [0.29, 0.717) is 5.69 Å². The first kappa shape index (κ1) is 25.8. The summed E-state index contributed by atoms with van der Waals surface area (Å²) in [7, 11) is 0. The smallest absolute Gasteiger partial charge is 0.274 e. The number of nitrogens with zero attached hydrogens (tertiary/aromatic N) is 2. The topological polar surface area (TPSA) is 90.1 Å². The number of halogens is 3. The first-order valence-electron chi connectivity index (χ1n) is 12.0. The monoisotopic (exact) mass is 498 g/mol. The average molecular weight is 499 g/mol. The molecule has 1 amide bonds. The first-order chi connectivity index (χ1) is 17.2. The van der Waals surface area contributed by atoms with Crippen LogP contribution in [0.5, 0.6) is 0 Å². The van der Waals surface area contributed by atoms with Gasteiger partial charge >= 0.3 is 0 Å². The second kappa shape index (κ2) is 11.2. The minimum atomic E-state index is -0.996. The summed E-state index contributed by atoms with van der Waals surface area (Å²) in [6.45, 7) is 3.61. The molecule has 0 saturated heterocycles. The molecule has 2 heterocycles. The van der Waals surface area contributed by atoms with Gasteiger partial charge in [-0.05, 0) is 80.5 Å². The lowest BCUT2D eigenvalue weighted by Gasteiger charge is -2.28. The van der Waals surface area contributed by atoms with Crippen molar-refractivity contribution in [3.63, 3.8) is 0 Å². The third kappa shape index (κ3) is 5.91. The molecule has 4 rings (SSSR count). The maximum absolute atomic E-state index is 14.8. The lowest BCUT2D eigenvalue weighted by Crippen LogP contribution is -2.27. The Morgan fingerprint density at radius 2 is 1.89 bits per heavy atom. The van der Waals surface area contributed by atoms with E-state index in [9.17, 15) is 18.0 Å². The number of hydrogen-bond acceptors (Lipinski definition) is 5. The van der Waals surface area contributed by atoms with Crippen LogP contribution >= 0.6 is 0 Å². The van der Waals surface area contributed by atoms with Gasteiger partial charge in [-0.15, -0.1) is 0 Å². The van der Waals surface area contributed by atoms with Crippen LogP contribution in [0.1, 0.15) is 67.1 Å². The Kier molecular flexibility index (Phi) is 8.01. The molecule has 1 aliphatic rings. The zero-order valence-electron chi connectivity index (χ0n) is 20.2. The van der Waals surface area contributed by atoms with Crippen molar-refractivity contribution in [3.05, 3.63) is 77.0 Å². The predicted molar refractivity (Wildman–Crippen MR) is 131 cm³/mol. The van der Waals surface area contributed by atoms with Crippen molar-refractivity contribution in [3.8, 4) is 11.3 Å². The molecule has 1 saturated carbocycles. The van der Waals surface area contributed by atoms with Gasteiger partial charge in [-0.1, -0.05) is 6.42 Å². The van der Waals surface area contributed by atoms with Gasteiger partial charge in [0, 0.05) is 12.2 Å². The SMILES string of the molecule is CC(C)OCc1cc(F)c(-c2nc(C(=O)Nc3cnccc3[C@@H]3CCC[C@H](N)C3)ccc2F)c(F)c1. The largest absolute Gasteiger partial charge is 0.374 e. The van der Waals surface area contributed by atoms with Crippen molar-refractivity contribution in [2.75, 3.05) is 5.32 Å². The van der Waals surface area contributed by atoms with E-state index in [2.05, 4.69) is 15.3 Å². The van der Waals surface area contributed by atoms with E-state index in [-0.39, 0.29) is 35.9 Å². The molecule has 36 heavy (non-hydrogen) atoms. The van der Waals surface area contributed by atoms with Crippen LogP contribution in [0.15, 0.2) is 42.7 Å². The van der Waals surface area contributed by atoms with E-state index >= 15 is 0 Å². The maximum atomic E-state index is 14.8. The van der Waals surface area contributed by atoms with Gasteiger partial charge in [0.1, 0.15) is 28.8 Å². The molecule has 0 unspecified atom stereocenters. The summed E-state index contributed by atoms with van der Waals surface area (Å²) in [6.07, 6.45) is 6.75. The number of benzene rings is 1. The summed E-state index contributed by atoms with van der Waals surface area (Å²) in [5, 5.41) is 2.77. The summed E-state index contributed by atoms with van der Waals surface area (Å²) in [6, 6.07) is 6.22. The van der Waals surface area contributed by atoms with E-state index in [0.717, 1.165) is 49.4 Å². The van der Waals surface area contributed by atoms with Gasteiger partial charge < -0.3 is 15.8 Å². The van der Waals surface area contributed by atoms with Crippen LogP contribution in [-0.2, 0) is 11.3 Å². The van der Waals surface area contributed by atoms with Crippen LogP contribution < -0.4 is 11.1 Å². The molecule has 1 fully saturated rings. The molecule has 1 aliphatic carbocycles. The lowest BCUT2D eigenvalue weighted by atomic mass is 9.81. The fourth-order valence-corrected chi connectivity index (χ4v) is 4.50. The Balaban J connectivity index is 1.60. The van der Waals surface area contributed by atoms with Crippen molar-refractivity contribution in [1.29, 1.82) is 0 Å². The van der Waals surface area contributed by atoms with Gasteiger partial charge in [0.25, 0.3) is 5.91 Å². The Morgan fingerprint density at radius 1 is 1.14 bits per heavy atom. The molecule has 1 aromatic carbocycles. The van der Waals surface area contributed by atoms with E-state index < -0.39 is 34.6 Å². The highest BCUT2D eigenvalue weighted by Crippen LogP contribution is 2.36. The van der Waals surface area contributed by atoms with Crippen molar-refractivity contribution in [1.82, 2.24) is 9.97 Å². The molecule has 3 aromatic rings. The second-order valence-electron chi connectivity index (χ2n) is 9.36. The number of ether oxygens (including phenoxy) is 1. The maximum Gasteiger partial charge on any atom is 0.274 e. The summed E-state index contributed by atoms with van der Waals surface area (Å²) in [5.74, 6) is -3.42. The van der Waals surface area contributed by atoms with Crippen molar-refractivity contribution in [2.45, 2.75) is 64.2 Å². The molecule has 0 radical (unpaired) electrons. The number of rotatable bonds is 7. The Labute approximate surface area is 208 Å². The molecule has 0 spiro atoms. The van der Waals surface area contributed by atoms with Gasteiger partial charge in [-0.25, -0.2) is 18.2 Å². The van der Waals surface area contributed by atoms with Gasteiger partial charge in [0.15, 0.2) is 0 Å². The van der Waals surface area contributed by atoms with Gasteiger partial charge in [0.05, 0.1) is 30.2 Å². The Bertz CT molecular complexity index is 1230. The zero-order valence-corrected chi connectivity index (χ0v) is 20.2. The number of nitrogens with two attached hydrogens (primary N) is 1. The minimum absolute atomic E-state index is 0.00346. The molecule has 190 valence electrons. The lowest BCUT2D eigenvalue weighted by molar-refractivity contribution is 0.0654. The van der Waals surface area contributed by atoms with Crippen LogP contribution in [0.2, 0.25) is 0 Å². The summed E-state index contributed by atoms with van der Waals surface area (Å²) in [4.78, 5) is 21.1. The van der Waals surface area contributed by atoms with Crippen LogP contribution in [-0.4, -0.2) is 28.0 Å². The van der Waals surface area contributed by atoms with Gasteiger partial charge in [0.2, 0.25) is 0 Å². The Morgan fingerprint density at radius 3 is 2.58 bits per heavy atom. The highest BCUT2D eigenvalue weighted by atomic mass is 19.1. The normalized spacial score (nSPS) is 17.9. The van der Waals surface area contributed by atoms with Gasteiger partial charge in [-0.2, -0.15) is 0 Å². The van der Waals surface area contributed by atoms with Crippen molar-refractivity contribution >= 4 is 11.6 Å². The minimum Gasteiger partial charge on any atom is -0.374 e. The summed E-state index contributed by atoms with van der Waals surface area (Å²) >= 11 is 0. The molecular formula is C27H29F3N4O2.